The van der Waals surface area contributed by atoms with Crippen molar-refractivity contribution >= 4 is 33.5 Å². The molecule has 6 nitrogen and oxygen atoms in total. The van der Waals surface area contributed by atoms with Gasteiger partial charge in [-0.25, -0.2) is 9.78 Å². The van der Waals surface area contributed by atoms with E-state index in [9.17, 15) is 9.90 Å². The zero-order valence-corrected chi connectivity index (χ0v) is 17.7. The highest BCUT2D eigenvalue weighted by Gasteiger charge is 2.20. The molecule has 3 rings (SSSR count). The van der Waals surface area contributed by atoms with E-state index in [1.165, 1.54) is 13.2 Å². The summed E-state index contributed by atoms with van der Waals surface area (Å²) in [7, 11) is 1.47. The molecule has 0 saturated carbocycles. The van der Waals surface area contributed by atoms with Gasteiger partial charge in [-0.1, -0.05) is 46.3 Å². The molecule has 3 aromatic rings. The van der Waals surface area contributed by atoms with E-state index >= 15 is 0 Å². The summed E-state index contributed by atoms with van der Waals surface area (Å²) in [6, 6.07) is 13.1. The van der Waals surface area contributed by atoms with Gasteiger partial charge in [0.05, 0.1) is 13.7 Å². The van der Waals surface area contributed by atoms with Crippen molar-refractivity contribution in [1.29, 1.82) is 0 Å². The van der Waals surface area contributed by atoms with Crippen LogP contribution in [0.4, 0.5) is 0 Å². The van der Waals surface area contributed by atoms with Crippen LogP contribution in [0.15, 0.2) is 59.3 Å². The first kappa shape index (κ1) is 20.7. The summed E-state index contributed by atoms with van der Waals surface area (Å²) in [6.07, 6.45) is 5.15. The fraction of sp³-hybridized carbons (Fsp3) is 0.182. The molecule has 0 bridgehead atoms. The average molecular weight is 457 g/mol. The number of ether oxygens (including phenoxy) is 2. The van der Waals surface area contributed by atoms with Gasteiger partial charge in [-0.3, -0.25) is 0 Å². The maximum atomic E-state index is 12.7. The summed E-state index contributed by atoms with van der Waals surface area (Å²) in [4.78, 5) is 17.1. The van der Waals surface area contributed by atoms with E-state index in [0.29, 0.717) is 33.7 Å². The maximum Gasteiger partial charge on any atom is 0.341 e. The molecule has 0 saturated heterocycles. The minimum atomic E-state index is -0.480. The molecule has 0 unspecified atom stereocenters. The molecule has 1 heterocycles. The molecule has 0 amide bonds. The Hall–Kier alpha value is -3.06. The molecule has 0 fully saturated rings. The van der Waals surface area contributed by atoms with Gasteiger partial charge in [0.25, 0.3) is 0 Å². The molecular formula is C22H21BrN2O4. The second-order valence-electron chi connectivity index (χ2n) is 6.19. The number of hydrogen-bond acceptors (Lipinski definition) is 5. The number of hydrogen-bond donors (Lipinski definition) is 1. The number of methoxy groups -OCH3 is 1. The van der Waals surface area contributed by atoms with E-state index < -0.39 is 5.97 Å². The summed E-state index contributed by atoms with van der Waals surface area (Å²) in [5.74, 6) is 0.313. The summed E-state index contributed by atoms with van der Waals surface area (Å²) < 4.78 is 13.0. The summed E-state index contributed by atoms with van der Waals surface area (Å²) in [6.45, 7) is 2.56. The van der Waals surface area contributed by atoms with Crippen LogP contribution in [0.25, 0.3) is 11.6 Å². The number of benzene rings is 2. The molecule has 29 heavy (non-hydrogen) atoms. The van der Waals surface area contributed by atoms with Gasteiger partial charge in [-0.15, -0.1) is 0 Å². The Kier molecular flexibility index (Phi) is 6.72. The van der Waals surface area contributed by atoms with Crippen molar-refractivity contribution in [3.63, 3.8) is 0 Å². The van der Waals surface area contributed by atoms with Gasteiger partial charge in [0.1, 0.15) is 11.4 Å². The summed E-state index contributed by atoms with van der Waals surface area (Å²) in [5.41, 5.74) is 2.04. The van der Waals surface area contributed by atoms with Crippen molar-refractivity contribution in [2.24, 2.45) is 0 Å². The summed E-state index contributed by atoms with van der Waals surface area (Å²) in [5, 5.41) is 9.95. The zero-order chi connectivity index (χ0) is 20.8. The molecule has 0 aliphatic carbocycles. The van der Waals surface area contributed by atoms with Crippen LogP contribution in [0.1, 0.15) is 23.9 Å². The van der Waals surface area contributed by atoms with E-state index in [1.54, 1.807) is 25.3 Å². The highest BCUT2D eigenvalue weighted by atomic mass is 79.9. The zero-order valence-electron chi connectivity index (χ0n) is 16.1. The Labute approximate surface area is 177 Å². The Morgan fingerprint density at radius 2 is 2.03 bits per heavy atom. The number of phenolic OH excluding ortho intramolecular Hbond substituents is 1. The van der Waals surface area contributed by atoms with Crippen LogP contribution in [-0.2, 0) is 16.1 Å². The molecule has 0 atom stereocenters. The average Bonchev–Trinajstić information content (AvgIpc) is 3.16. The van der Waals surface area contributed by atoms with Crippen LogP contribution in [-0.4, -0.2) is 34.3 Å². The van der Waals surface area contributed by atoms with Crippen molar-refractivity contribution in [2.45, 2.75) is 13.5 Å². The van der Waals surface area contributed by atoms with Crippen molar-refractivity contribution in [3.8, 4) is 11.5 Å². The summed E-state index contributed by atoms with van der Waals surface area (Å²) >= 11 is 3.42. The number of esters is 1. The number of phenols is 1. The van der Waals surface area contributed by atoms with Gasteiger partial charge in [0.2, 0.25) is 0 Å². The number of aromatic hydroxyl groups is 1. The number of carbonyl (C=O) groups excluding carboxylic acids is 1. The molecular weight excluding hydrogens is 436 g/mol. The van der Waals surface area contributed by atoms with E-state index in [1.807, 2.05) is 41.1 Å². The standard InChI is InChI=1S/C22H21BrN2O4/c1-3-29-22(27)17(11-16-12-20(28-2)19(26)13-18(16)23)21-24-9-10-25(21)14-15-7-5-4-6-8-15/h4-13,26H,3,14H2,1-2H3/b17-11+. The lowest BCUT2D eigenvalue weighted by Gasteiger charge is -2.12. The van der Waals surface area contributed by atoms with Crippen molar-refractivity contribution < 1.29 is 19.4 Å². The minimum absolute atomic E-state index is 0.000197. The predicted molar refractivity (Wildman–Crippen MR) is 115 cm³/mol. The topological polar surface area (TPSA) is 73.6 Å². The quantitative estimate of drug-likeness (QED) is 0.418. The molecule has 0 radical (unpaired) electrons. The first-order valence-electron chi connectivity index (χ1n) is 9.04. The number of rotatable bonds is 7. The molecule has 0 aliphatic heterocycles. The highest BCUT2D eigenvalue weighted by Crippen LogP contribution is 2.34. The highest BCUT2D eigenvalue weighted by molar-refractivity contribution is 9.10. The van der Waals surface area contributed by atoms with Gasteiger partial charge in [0, 0.05) is 23.4 Å². The molecule has 1 N–H and O–H groups in total. The van der Waals surface area contributed by atoms with Gasteiger partial charge in [-0.2, -0.15) is 0 Å². The normalized spacial score (nSPS) is 11.3. The Morgan fingerprint density at radius 1 is 1.28 bits per heavy atom. The third kappa shape index (κ3) is 4.86. The Morgan fingerprint density at radius 3 is 2.72 bits per heavy atom. The van der Waals surface area contributed by atoms with E-state index in [4.69, 9.17) is 9.47 Å². The van der Waals surface area contributed by atoms with Crippen molar-refractivity contribution in [1.82, 2.24) is 9.55 Å². The second kappa shape index (κ2) is 9.43. The largest absolute Gasteiger partial charge is 0.504 e. The fourth-order valence-corrected chi connectivity index (χ4v) is 3.32. The smallest absolute Gasteiger partial charge is 0.341 e. The molecule has 2 aromatic carbocycles. The molecule has 0 spiro atoms. The first-order chi connectivity index (χ1) is 14.0. The fourth-order valence-electron chi connectivity index (χ4n) is 2.87. The van der Waals surface area contributed by atoms with Gasteiger partial charge < -0.3 is 19.1 Å². The van der Waals surface area contributed by atoms with Gasteiger partial charge in [0.15, 0.2) is 11.5 Å². The van der Waals surface area contributed by atoms with Crippen LogP contribution < -0.4 is 4.74 Å². The number of aromatic nitrogens is 2. The van der Waals surface area contributed by atoms with Gasteiger partial charge >= 0.3 is 5.97 Å². The van der Waals surface area contributed by atoms with Gasteiger partial charge in [-0.05, 0) is 36.3 Å². The Balaban J connectivity index is 2.07. The minimum Gasteiger partial charge on any atom is -0.504 e. The van der Waals surface area contributed by atoms with Crippen LogP contribution in [0, 0.1) is 0 Å². The number of nitrogens with zero attached hydrogens (tertiary/aromatic N) is 2. The lowest BCUT2D eigenvalue weighted by molar-refractivity contribution is -0.136. The SMILES string of the molecule is CCOC(=O)/C(=C/c1cc(OC)c(O)cc1Br)c1nccn1Cc1ccccc1. The predicted octanol–water partition coefficient (Wildman–Crippen LogP) is 4.51. The third-order valence-electron chi connectivity index (χ3n) is 4.25. The lowest BCUT2D eigenvalue weighted by atomic mass is 10.1. The molecule has 1 aromatic heterocycles. The molecule has 150 valence electrons. The van der Waals surface area contributed by atoms with E-state index in [2.05, 4.69) is 20.9 Å². The molecule has 0 aliphatic rings. The van der Waals surface area contributed by atoms with Crippen LogP contribution in [0.3, 0.4) is 0 Å². The lowest BCUT2D eigenvalue weighted by Crippen LogP contribution is -2.12. The first-order valence-corrected chi connectivity index (χ1v) is 9.83. The van der Waals surface area contributed by atoms with E-state index in [-0.39, 0.29) is 12.4 Å². The maximum absolute atomic E-state index is 12.7. The monoisotopic (exact) mass is 456 g/mol. The third-order valence-corrected chi connectivity index (χ3v) is 4.93. The van der Waals surface area contributed by atoms with E-state index in [0.717, 1.165) is 5.56 Å². The number of halogens is 1. The second-order valence-corrected chi connectivity index (χ2v) is 7.04. The van der Waals surface area contributed by atoms with Crippen molar-refractivity contribution in [2.75, 3.05) is 13.7 Å². The molecule has 7 heteroatoms. The number of carbonyl (C=O) groups is 1. The van der Waals surface area contributed by atoms with Crippen LogP contribution in [0.2, 0.25) is 0 Å². The van der Waals surface area contributed by atoms with Crippen LogP contribution >= 0.6 is 15.9 Å². The van der Waals surface area contributed by atoms with Crippen molar-refractivity contribution in [3.05, 3.63) is 76.3 Å². The van der Waals surface area contributed by atoms with Crippen LogP contribution in [0.5, 0.6) is 11.5 Å². The Bertz CT molecular complexity index is 1030. The number of imidazole rings is 1.